The number of hydrogen-bond donors (Lipinski definition) is 1. The Morgan fingerprint density at radius 2 is 1.89 bits per heavy atom. The van der Waals surface area contributed by atoms with Crippen LogP contribution in [0.4, 0.5) is 0 Å². The third-order valence-electron chi connectivity index (χ3n) is 3.15. The zero-order valence-corrected chi connectivity index (χ0v) is 11.6. The molecule has 0 aliphatic carbocycles. The fourth-order valence-electron chi connectivity index (χ4n) is 2.15. The fourth-order valence-corrected chi connectivity index (χ4v) is 2.87. The maximum atomic E-state index is 10.4. The second-order valence-corrected chi connectivity index (χ2v) is 5.77. The third-order valence-corrected chi connectivity index (χ3v) is 4.03. The van der Waals surface area contributed by atoms with Gasteiger partial charge in [0.2, 0.25) is 0 Å². The number of ether oxygens (including phenoxy) is 2. The summed E-state index contributed by atoms with van der Waals surface area (Å²) in [4.78, 5) is 1.20. The molecule has 0 spiro atoms. The standard InChI is InChI=1S/C15H16O3S/c1-10-7-12(9-19-10)15(16)11-3-4-13-14(8-11)18-6-2-5-17-13/h3-4,7-9,15-16H,2,5-6H2,1H3. The van der Waals surface area contributed by atoms with Gasteiger partial charge in [0.15, 0.2) is 11.5 Å². The molecule has 1 aliphatic heterocycles. The van der Waals surface area contributed by atoms with E-state index in [1.165, 1.54) is 4.88 Å². The molecule has 3 nitrogen and oxygen atoms in total. The van der Waals surface area contributed by atoms with E-state index in [0.29, 0.717) is 13.2 Å². The Morgan fingerprint density at radius 1 is 1.11 bits per heavy atom. The van der Waals surface area contributed by atoms with Crippen molar-refractivity contribution in [3.8, 4) is 11.5 Å². The average Bonchev–Trinajstić information content (AvgIpc) is 2.72. The van der Waals surface area contributed by atoms with Crippen LogP contribution >= 0.6 is 11.3 Å². The van der Waals surface area contributed by atoms with Gasteiger partial charge in [-0.15, -0.1) is 11.3 Å². The van der Waals surface area contributed by atoms with Gasteiger partial charge in [0.25, 0.3) is 0 Å². The average molecular weight is 276 g/mol. The number of aliphatic hydroxyl groups excluding tert-OH is 1. The van der Waals surface area contributed by atoms with E-state index in [4.69, 9.17) is 9.47 Å². The highest BCUT2D eigenvalue weighted by Crippen LogP contribution is 2.34. The first-order chi connectivity index (χ1) is 9.24. The van der Waals surface area contributed by atoms with Gasteiger partial charge in [-0.05, 0) is 41.6 Å². The highest BCUT2D eigenvalue weighted by molar-refractivity contribution is 7.10. The molecule has 1 N–H and O–H groups in total. The molecule has 1 aromatic carbocycles. The maximum absolute atomic E-state index is 10.4. The van der Waals surface area contributed by atoms with Crippen LogP contribution in [-0.4, -0.2) is 18.3 Å². The van der Waals surface area contributed by atoms with Crippen molar-refractivity contribution in [3.05, 3.63) is 45.6 Å². The minimum absolute atomic E-state index is 0.609. The highest BCUT2D eigenvalue weighted by atomic mass is 32.1. The molecule has 0 amide bonds. The molecule has 0 bridgehead atoms. The maximum Gasteiger partial charge on any atom is 0.161 e. The number of benzene rings is 1. The second-order valence-electron chi connectivity index (χ2n) is 4.65. The fraction of sp³-hybridized carbons (Fsp3) is 0.333. The largest absolute Gasteiger partial charge is 0.490 e. The van der Waals surface area contributed by atoms with Crippen molar-refractivity contribution < 1.29 is 14.6 Å². The summed E-state index contributed by atoms with van der Waals surface area (Å²) in [5, 5.41) is 12.4. The summed E-state index contributed by atoms with van der Waals surface area (Å²) >= 11 is 1.64. The second kappa shape index (κ2) is 5.23. The molecule has 2 heterocycles. The summed E-state index contributed by atoms with van der Waals surface area (Å²) in [6.45, 7) is 3.37. The lowest BCUT2D eigenvalue weighted by molar-refractivity contribution is 0.220. The van der Waals surface area contributed by atoms with Crippen molar-refractivity contribution >= 4 is 11.3 Å². The van der Waals surface area contributed by atoms with Gasteiger partial charge in [0, 0.05) is 11.3 Å². The summed E-state index contributed by atoms with van der Waals surface area (Å²) in [6.07, 6.45) is 0.276. The monoisotopic (exact) mass is 276 g/mol. The number of aryl methyl sites for hydroxylation is 1. The van der Waals surface area contributed by atoms with E-state index in [1.54, 1.807) is 11.3 Å². The first kappa shape index (κ1) is 12.5. The molecule has 0 saturated heterocycles. The molecular weight excluding hydrogens is 260 g/mol. The minimum atomic E-state index is -0.609. The SMILES string of the molecule is Cc1cc(C(O)c2ccc3c(c2)OCCCO3)cs1. The van der Waals surface area contributed by atoms with E-state index in [1.807, 2.05) is 36.6 Å². The number of thiophene rings is 1. The molecule has 2 aromatic rings. The topological polar surface area (TPSA) is 38.7 Å². The van der Waals surface area contributed by atoms with Gasteiger partial charge in [-0.1, -0.05) is 6.07 Å². The van der Waals surface area contributed by atoms with Gasteiger partial charge < -0.3 is 14.6 Å². The van der Waals surface area contributed by atoms with Gasteiger partial charge in [-0.2, -0.15) is 0 Å². The Balaban J connectivity index is 1.91. The van der Waals surface area contributed by atoms with E-state index in [9.17, 15) is 5.11 Å². The molecule has 3 rings (SSSR count). The van der Waals surface area contributed by atoms with Crippen LogP contribution in [0.1, 0.15) is 28.5 Å². The first-order valence-corrected chi connectivity index (χ1v) is 7.24. The molecule has 0 radical (unpaired) electrons. The van der Waals surface area contributed by atoms with Crippen molar-refractivity contribution in [2.24, 2.45) is 0 Å². The summed E-state index contributed by atoms with van der Waals surface area (Å²) in [6, 6.07) is 7.65. The lowest BCUT2D eigenvalue weighted by atomic mass is 10.0. The molecule has 1 aromatic heterocycles. The first-order valence-electron chi connectivity index (χ1n) is 6.37. The van der Waals surface area contributed by atoms with Crippen LogP contribution in [0.2, 0.25) is 0 Å². The molecule has 1 aliphatic rings. The van der Waals surface area contributed by atoms with Crippen LogP contribution in [0, 0.1) is 6.92 Å². The quantitative estimate of drug-likeness (QED) is 0.914. The van der Waals surface area contributed by atoms with Crippen LogP contribution in [0.15, 0.2) is 29.6 Å². The predicted molar refractivity (Wildman–Crippen MR) is 75.2 cm³/mol. The summed E-state index contributed by atoms with van der Waals surface area (Å²) in [5.41, 5.74) is 1.76. The minimum Gasteiger partial charge on any atom is -0.490 e. The zero-order chi connectivity index (χ0) is 13.2. The van der Waals surface area contributed by atoms with Crippen LogP contribution in [0.5, 0.6) is 11.5 Å². The number of hydrogen-bond acceptors (Lipinski definition) is 4. The Kier molecular flexibility index (Phi) is 3.44. The summed E-state index contributed by atoms with van der Waals surface area (Å²) < 4.78 is 11.2. The number of aliphatic hydroxyl groups is 1. The van der Waals surface area contributed by atoms with Gasteiger partial charge >= 0.3 is 0 Å². The van der Waals surface area contributed by atoms with Gasteiger partial charge in [0.05, 0.1) is 13.2 Å². The van der Waals surface area contributed by atoms with Gasteiger partial charge in [-0.25, -0.2) is 0 Å². The smallest absolute Gasteiger partial charge is 0.161 e. The summed E-state index contributed by atoms with van der Waals surface area (Å²) in [5.74, 6) is 1.48. The van der Waals surface area contributed by atoms with Crippen molar-refractivity contribution in [2.45, 2.75) is 19.4 Å². The van der Waals surface area contributed by atoms with E-state index in [-0.39, 0.29) is 0 Å². The lowest BCUT2D eigenvalue weighted by Gasteiger charge is -2.13. The summed E-state index contributed by atoms with van der Waals surface area (Å²) in [7, 11) is 0. The van der Waals surface area contributed by atoms with Gasteiger partial charge in [-0.3, -0.25) is 0 Å². The molecule has 0 fully saturated rings. The Hall–Kier alpha value is -1.52. The molecule has 1 atom stereocenters. The Labute approximate surface area is 116 Å². The Bertz CT molecular complexity index is 577. The molecule has 100 valence electrons. The van der Waals surface area contributed by atoms with Crippen LogP contribution in [-0.2, 0) is 0 Å². The lowest BCUT2D eigenvalue weighted by Crippen LogP contribution is -2.00. The van der Waals surface area contributed by atoms with Crippen molar-refractivity contribution in [3.63, 3.8) is 0 Å². The van der Waals surface area contributed by atoms with Crippen molar-refractivity contribution in [1.82, 2.24) is 0 Å². The predicted octanol–water partition coefficient (Wildman–Crippen LogP) is 3.30. The van der Waals surface area contributed by atoms with Crippen molar-refractivity contribution in [2.75, 3.05) is 13.2 Å². The molecular formula is C15H16O3S. The van der Waals surface area contributed by atoms with E-state index < -0.39 is 6.10 Å². The van der Waals surface area contributed by atoms with Crippen LogP contribution < -0.4 is 9.47 Å². The van der Waals surface area contributed by atoms with E-state index in [0.717, 1.165) is 29.0 Å². The molecule has 4 heteroatoms. The normalized spacial score (nSPS) is 15.9. The molecule has 1 unspecified atom stereocenters. The highest BCUT2D eigenvalue weighted by Gasteiger charge is 2.16. The van der Waals surface area contributed by atoms with Gasteiger partial charge in [0.1, 0.15) is 6.10 Å². The Morgan fingerprint density at radius 3 is 2.63 bits per heavy atom. The van der Waals surface area contributed by atoms with Crippen LogP contribution in [0.25, 0.3) is 0 Å². The third kappa shape index (κ3) is 2.60. The number of rotatable bonds is 2. The molecule has 0 saturated carbocycles. The van der Waals surface area contributed by atoms with E-state index in [2.05, 4.69) is 0 Å². The zero-order valence-electron chi connectivity index (χ0n) is 10.8. The van der Waals surface area contributed by atoms with E-state index >= 15 is 0 Å². The van der Waals surface area contributed by atoms with Crippen molar-refractivity contribution in [1.29, 1.82) is 0 Å². The van der Waals surface area contributed by atoms with Crippen LogP contribution in [0.3, 0.4) is 0 Å². The number of fused-ring (bicyclic) bond motifs is 1. The molecule has 19 heavy (non-hydrogen) atoms.